The van der Waals surface area contributed by atoms with E-state index < -0.39 is 28.7 Å². The van der Waals surface area contributed by atoms with Crippen LogP contribution in [0.15, 0.2) is 51.8 Å². The monoisotopic (exact) mass is 466 g/mol. The summed E-state index contributed by atoms with van der Waals surface area (Å²) in [6, 6.07) is 9.57. The number of hydrogen-bond acceptors (Lipinski definition) is 4. The fraction of sp³-hybridized carbons (Fsp3) is 0.105. The van der Waals surface area contributed by atoms with Crippen LogP contribution in [0.1, 0.15) is 15.9 Å². The average Bonchev–Trinajstić information content (AvgIpc) is 2.91. The first-order valence-corrected chi connectivity index (χ1v) is 9.71. The van der Waals surface area contributed by atoms with E-state index in [0.29, 0.717) is 16.2 Å². The predicted octanol–water partition coefficient (Wildman–Crippen LogP) is 4.19. The number of halogens is 3. The quantitative estimate of drug-likeness (QED) is 0.670. The number of nitrogens with zero attached hydrogens (tertiary/aromatic N) is 1. The lowest BCUT2D eigenvalue weighted by Gasteiger charge is -2.13. The van der Waals surface area contributed by atoms with Crippen LogP contribution in [0.3, 0.4) is 0 Å². The molecule has 0 spiro atoms. The Morgan fingerprint density at radius 3 is 2.64 bits per heavy atom. The van der Waals surface area contributed by atoms with Gasteiger partial charge in [0, 0.05) is 23.1 Å². The number of thioether (sulfide) groups is 1. The molecule has 3 amide bonds. The molecule has 2 aromatic carbocycles. The number of amides is 3. The van der Waals surface area contributed by atoms with Crippen molar-refractivity contribution in [2.75, 3.05) is 13.1 Å². The van der Waals surface area contributed by atoms with Crippen molar-refractivity contribution in [3.05, 3.63) is 74.6 Å². The van der Waals surface area contributed by atoms with Gasteiger partial charge in [-0.25, -0.2) is 8.78 Å². The van der Waals surface area contributed by atoms with Crippen molar-refractivity contribution >= 4 is 50.8 Å². The van der Waals surface area contributed by atoms with Crippen LogP contribution in [0, 0.1) is 11.6 Å². The molecule has 5 nitrogen and oxygen atoms in total. The second-order valence-electron chi connectivity index (χ2n) is 5.73. The van der Waals surface area contributed by atoms with Gasteiger partial charge in [0.15, 0.2) is 0 Å². The van der Waals surface area contributed by atoms with Crippen LogP contribution in [-0.4, -0.2) is 35.0 Å². The zero-order chi connectivity index (χ0) is 20.3. The molecule has 144 valence electrons. The molecule has 0 saturated carbocycles. The van der Waals surface area contributed by atoms with E-state index in [0.717, 1.165) is 11.0 Å². The zero-order valence-corrected chi connectivity index (χ0v) is 16.6. The Balaban J connectivity index is 1.62. The summed E-state index contributed by atoms with van der Waals surface area (Å²) >= 11 is 3.82. The van der Waals surface area contributed by atoms with Crippen LogP contribution in [0.5, 0.6) is 0 Å². The molecule has 0 atom stereocenters. The van der Waals surface area contributed by atoms with Gasteiger partial charge in [-0.1, -0.05) is 18.2 Å². The molecular weight excluding hydrogens is 454 g/mol. The predicted molar refractivity (Wildman–Crippen MR) is 106 cm³/mol. The van der Waals surface area contributed by atoms with Crippen LogP contribution in [0.4, 0.5) is 13.6 Å². The summed E-state index contributed by atoms with van der Waals surface area (Å²) in [4.78, 5) is 37.7. The largest absolute Gasteiger partial charge is 0.350 e. The van der Waals surface area contributed by atoms with E-state index in [9.17, 15) is 23.2 Å². The Bertz CT molecular complexity index is 997. The Morgan fingerprint density at radius 1 is 1.18 bits per heavy atom. The Kier molecular flexibility index (Phi) is 6.25. The van der Waals surface area contributed by atoms with Crippen LogP contribution in [0.2, 0.25) is 0 Å². The number of rotatable bonds is 5. The number of benzene rings is 2. The van der Waals surface area contributed by atoms with Crippen molar-refractivity contribution < 1.29 is 23.2 Å². The minimum Gasteiger partial charge on any atom is -0.350 e. The molecule has 1 fully saturated rings. The maximum absolute atomic E-state index is 13.7. The van der Waals surface area contributed by atoms with Gasteiger partial charge in [-0.05, 0) is 58.0 Å². The van der Waals surface area contributed by atoms with Crippen LogP contribution < -0.4 is 5.32 Å². The Hall–Kier alpha value is -2.52. The summed E-state index contributed by atoms with van der Waals surface area (Å²) in [6.45, 7) is -0.0164. The summed E-state index contributed by atoms with van der Waals surface area (Å²) in [7, 11) is 0. The molecule has 0 bridgehead atoms. The molecule has 1 saturated heterocycles. The molecule has 1 N–H and O–H groups in total. The van der Waals surface area contributed by atoms with Gasteiger partial charge in [0.2, 0.25) is 0 Å². The SMILES string of the molecule is O=C(NCCN1C(=O)S/C(=C\c2ccccc2F)C1=O)c1ccc(F)cc1Br. The highest BCUT2D eigenvalue weighted by Gasteiger charge is 2.34. The molecular formula is C19H13BrF2N2O3S. The van der Waals surface area contributed by atoms with Crippen molar-refractivity contribution in [1.82, 2.24) is 10.2 Å². The molecule has 1 aliphatic rings. The van der Waals surface area contributed by atoms with E-state index in [4.69, 9.17) is 0 Å². The van der Waals surface area contributed by atoms with E-state index in [1.165, 1.54) is 36.4 Å². The lowest BCUT2D eigenvalue weighted by atomic mass is 10.2. The van der Waals surface area contributed by atoms with Gasteiger partial charge in [0.25, 0.3) is 17.1 Å². The van der Waals surface area contributed by atoms with Gasteiger partial charge in [-0.2, -0.15) is 0 Å². The van der Waals surface area contributed by atoms with Gasteiger partial charge in [-0.15, -0.1) is 0 Å². The minimum absolute atomic E-state index is 0.0215. The normalized spacial score (nSPS) is 15.4. The van der Waals surface area contributed by atoms with Gasteiger partial charge >= 0.3 is 0 Å². The highest BCUT2D eigenvalue weighted by atomic mass is 79.9. The molecule has 1 heterocycles. The lowest BCUT2D eigenvalue weighted by Crippen LogP contribution is -2.37. The number of imide groups is 1. The van der Waals surface area contributed by atoms with Crippen LogP contribution in [-0.2, 0) is 4.79 Å². The third kappa shape index (κ3) is 4.48. The summed E-state index contributed by atoms with van der Waals surface area (Å²) < 4.78 is 27.1. The first-order chi connectivity index (χ1) is 13.4. The van der Waals surface area contributed by atoms with Crippen molar-refractivity contribution in [3.8, 4) is 0 Å². The fourth-order valence-corrected chi connectivity index (χ4v) is 3.86. The van der Waals surface area contributed by atoms with Crippen molar-refractivity contribution in [2.45, 2.75) is 0 Å². The van der Waals surface area contributed by atoms with E-state index in [-0.39, 0.29) is 29.1 Å². The van der Waals surface area contributed by atoms with E-state index >= 15 is 0 Å². The Morgan fingerprint density at radius 2 is 1.93 bits per heavy atom. The number of hydrogen-bond donors (Lipinski definition) is 1. The maximum atomic E-state index is 13.7. The lowest BCUT2D eigenvalue weighted by molar-refractivity contribution is -0.122. The number of nitrogens with one attached hydrogen (secondary N) is 1. The van der Waals surface area contributed by atoms with E-state index in [1.807, 2.05) is 0 Å². The number of carbonyl (C=O) groups is 3. The molecule has 2 aromatic rings. The Labute approximate surface area is 171 Å². The van der Waals surface area contributed by atoms with Gasteiger partial charge in [0.05, 0.1) is 10.5 Å². The summed E-state index contributed by atoms with van der Waals surface area (Å²) in [5.74, 6) is -1.99. The van der Waals surface area contributed by atoms with E-state index in [1.54, 1.807) is 6.07 Å². The van der Waals surface area contributed by atoms with E-state index in [2.05, 4.69) is 21.2 Å². The second kappa shape index (κ2) is 8.66. The van der Waals surface area contributed by atoms with Crippen molar-refractivity contribution in [2.24, 2.45) is 0 Å². The topological polar surface area (TPSA) is 66.5 Å². The highest BCUT2D eigenvalue weighted by molar-refractivity contribution is 9.10. The standard InChI is InChI=1S/C19H13BrF2N2O3S/c20-14-10-12(21)5-6-13(14)17(25)23-7-8-24-18(26)16(28-19(24)27)9-11-3-1-2-4-15(11)22/h1-6,9-10H,7-8H2,(H,23,25)/b16-9-. The second-order valence-corrected chi connectivity index (χ2v) is 7.58. The smallest absolute Gasteiger partial charge is 0.293 e. The molecule has 0 aromatic heterocycles. The first kappa shape index (κ1) is 20.2. The molecule has 0 unspecified atom stereocenters. The molecule has 9 heteroatoms. The van der Waals surface area contributed by atoms with Gasteiger partial charge < -0.3 is 5.32 Å². The first-order valence-electron chi connectivity index (χ1n) is 8.10. The molecule has 28 heavy (non-hydrogen) atoms. The van der Waals surface area contributed by atoms with Crippen LogP contribution >= 0.6 is 27.7 Å². The average molecular weight is 467 g/mol. The third-order valence-corrected chi connectivity index (χ3v) is 5.43. The van der Waals surface area contributed by atoms with Crippen molar-refractivity contribution in [1.29, 1.82) is 0 Å². The molecule has 3 rings (SSSR count). The fourth-order valence-electron chi connectivity index (χ4n) is 2.48. The van der Waals surface area contributed by atoms with Crippen LogP contribution in [0.25, 0.3) is 6.08 Å². The molecule has 1 aliphatic heterocycles. The molecule has 0 aliphatic carbocycles. The number of carbonyl (C=O) groups excluding carboxylic acids is 3. The maximum Gasteiger partial charge on any atom is 0.293 e. The van der Waals surface area contributed by atoms with Crippen molar-refractivity contribution in [3.63, 3.8) is 0 Å². The summed E-state index contributed by atoms with van der Waals surface area (Å²) in [6.07, 6.45) is 1.33. The van der Waals surface area contributed by atoms with Gasteiger partial charge in [0.1, 0.15) is 11.6 Å². The summed E-state index contributed by atoms with van der Waals surface area (Å²) in [5.41, 5.74) is 0.442. The third-order valence-electron chi connectivity index (χ3n) is 3.86. The molecule has 0 radical (unpaired) electrons. The minimum atomic E-state index is -0.546. The zero-order valence-electron chi connectivity index (χ0n) is 14.2. The highest BCUT2D eigenvalue weighted by Crippen LogP contribution is 2.32. The van der Waals surface area contributed by atoms with Gasteiger partial charge in [-0.3, -0.25) is 19.3 Å². The summed E-state index contributed by atoms with van der Waals surface area (Å²) in [5, 5.41) is 2.08.